The number of unbranched alkanes of at least 4 members (excludes halogenated alkanes) is 16. The number of hydrogen-bond donors (Lipinski definition) is 0. The molecule has 0 fully saturated rings. The van der Waals surface area contributed by atoms with Crippen molar-refractivity contribution in [3.05, 3.63) is 109 Å². The quantitative estimate of drug-likeness (QED) is 0.0260. The number of carbonyl (C=O) groups is 4. The molecule has 10 nitrogen and oxygen atoms in total. The molecular weight excluding hydrogens is 775 g/mol. The standard InChI is InChI=1S/C48H60F2O10/c1-3-44(51)57-33-21-17-13-9-5-7-11-15-19-31-55-39-27-23-37(24-28-39)47(53)59-41-35-42(49)46(43(50)36-41)60-48(54)38-25-29-40(30-26-38)56-32-20-16-12-8-6-10-14-18-22-34-58-45(52)4-2/h3-4,23-30,35-36H,1-2,5-22,31-34H2. The van der Waals surface area contributed by atoms with E-state index in [0.29, 0.717) is 37.9 Å². The Morgan fingerprint density at radius 3 is 1.10 bits per heavy atom. The van der Waals surface area contributed by atoms with Crippen LogP contribution in [0.15, 0.2) is 86.0 Å². The van der Waals surface area contributed by atoms with E-state index in [-0.39, 0.29) is 28.8 Å². The molecule has 3 aromatic rings. The summed E-state index contributed by atoms with van der Waals surface area (Å²) in [6.45, 7) is 8.68. The molecule has 0 radical (unpaired) electrons. The van der Waals surface area contributed by atoms with Crippen molar-refractivity contribution >= 4 is 23.9 Å². The molecule has 0 amide bonds. The first-order chi connectivity index (χ1) is 29.2. The number of hydrogen-bond acceptors (Lipinski definition) is 10. The predicted octanol–water partition coefficient (Wildman–Crippen LogP) is 11.6. The topological polar surface area (TPSA) is 124 Å². The summed E-state index contributed by atoms with van der Waals surface area (Å²) in [5.41, 5.74) is 0.230. The normalized spacial score (nSPS) is 10.7. The largest absolute Gasteiger partial charge is 0.494 e. The van der Waals surface area contributed by atoms with Crippen LogP contribution in [0.4, 0.5) is 8.78 Å². The molecule has 3 aromatic carbocycles. The molecule has 326 valence electrons. The highest BCUT2D eigenvalue weighted by Crippen LogP contribution is 2.29. The van der Waals surface area contributed by atoms with Gasteiger partial charge in [0.1, 0.15) is 17.2 Å². The molecule has 0 aromatic heterocycles. The van der Waals surface area contributed by atoms with E-state index in [9.17, 15) is 28.0 Å². The minimum atomic E-state index is -1.21. The molecule has 12 heteroatoms. The van der Waals surface area contributed by atoms with Crippen LogP contribution in [0, 0.1) is 11.6 Å². The van der Waals surface area contributed by atoms with Crippen molar-refractivity contribution in [2.24, 2.45) is 0 Å². The third-order valence-corrected chi connectivity index (χ3v) is 9.49. The maximum atomic E-state index is 14.9. The van der Waals surface area contributed by atoms with Crippen LogP contribution in [0.25, 0.3) is 0 Å². The predicted molar refractivity (Wildman–Crippen MR) is 226 cm³/mol. The van der Waals surface area contributed by atoms with Crippen molar-refractivity contribution in [2.45, 2.75) is 116 Å². The van der Waals surface area contributed by atoms with Gasteiger partial charge in [0, 0.05) is 24.3 Å². The van der Waals surface area contributed by atoms with Crippen LogP contribution in [0.5, 0.6) is 23.0 Å². The summed E-state index contributed by atoms with van der Waals surface area (Å²) in [5.74, 6) is -5.12. The second-order valence-corrected chi connectivity index (χ2v) is 14.3. The van der Waals surface area contributed by atoms with Crippen molar-refractivity contribution < 1.29 is 56.4 Å². The van der Waals surface area contributed by atoms with E-state index in [2.05, 4.69) is 13.2 Å². The summed E-state index contributed by atoms with van der Waals surface area (Å²) in [4.78, 5) is 47.4. The van der Waals surface area contributed by atoms with Gasteiger partial charge in [0.2, 0.25) is 5.75 Å². The van der Waals surface area contributed by atoms with Crippen molar-refractivity contribution in [1.29, 1.82) is 0 Å². The van der Waals surface area contributed by atoms with E-state index in [1.165, 1.54) is 42.8 Å². The molecule has 60 heavy (non-hydrogen) atoms. The molecule has 3 rings (SSSR count). The van der Waals surface area contributed by atoms with E-state index in [4.69, 9.17) is 28.4 Å². The molecule has 0 aliphatic carbocycles. The first-order valence-corrected chi connectivity index (χ1v) is 21.2. The molecule has 0 atom stereocenters. The molecule has 0 spiro atoms. The van der Waals surface area contributed by atoms with E-state index >= 15 is 0 Å². The minimum absolute atomic E-state index is 0.0726. The van der Waals surface area contributed by atoms with Crippen LogP contribution < -0.4 is 18.9 Å². The van der Waals surface area contributed by atoms with Gasteiger partial charge in [-0.1, -0.05) is 103 Å². The minimum Gasteiger partial charge on any atom is -0.494 e. The van der Waals surface area contributed by atoms with Crippen molar-refractivity contribution in [2.75, 3.05) is 26.4 Å². The second kappa shape index (κ2) is 29.7. The molecule has 0 saturated carbocycles. The number of rotatable bonds is 32. The van der Waals surface area contributed by atoms with Crippen LogP contribution in [-0.2, 0) is 19.1 Å². The summed E-state index contributed by atoms with van der Waals surface area (Å²) in [6, 6.07) is 13.9. The summed E-state index contributed by atoms with van der Waals surface area (Å²) in [6.07, 6.45) is 21.4. The monoisotopic (exact) mass is 834 g/mol. The highest BCUT2D eigenvalue weighted by atomic mass is 19.1. The van der Waals surface area contributed by atoms with Gasteiger partial charge >= 0.3 is 23.9 Å². The van der Waals surface area contributed by atoms with E-state index in [0.717, 1.165) is 121 Å². The molecule has 0 aliphatic heterocycles. The van der Waals surface area contributed by atoms with E-state index in [1.807, 2.05) is 0 Å². The van der Waals surface area contributed by atoms with Gasteiger partial charge in [0.05, 0.1) is 37.6 Å². The average molecular weight is 835 g/mol. The highest BCUT2D eigenvalue weighted by Gasteiger charge is 2.20. The maximum Gasteiger partial charge on any atom is 0.343 e. The van der Waals surface area contributed by atoms with Crippen molar-refractivity contribution in [1.82, 2.24) is 0 Å². The smallest absolute Gasteiger partial charge is 0.343 e. The molecule has 0 unspecified atom stereocenters. The van der Waals surface area contributed by atoms with Gasteiger partial charge in [-0.25, -0.2) is 28.0 Å². The van der Waals surface area contributed by atoms with Crippen LogP contribution in [0.2, 0.25) is 0 Å². The Bertz CT molecular complexity index is 1730. The number of carbonyl (C=O) groups excluding carboxylic acids is 4. The Morgan fingerprint density at radius 1 is 0.433 bits per heavy atom. The van der Waals surface area contributed by atoms with Gasteiger partial charge in [-0.3, -0.25) is 0 Å². The highest BCUT2D eigenvalue weighted by molar-refractivity contribution is 5.92. The lowest BCUT2D eigenvalue weighted by atomic mass is 10.1. The zero-order valence-corrected chi connectivity index (χ0v) is 34.7. The summed E-state index contributed by atoms with van der Waals surface area (Å²) < 4.78 is 61.5. The first kappa shape index (κ1) is 48.8. The van der Waals surface area contributed by atoms with Crippen LogP contribution >= 0.6 is 0 Å². The zero-order chi connectivity index (χ0) is 43.2. The third kappa shape index (κ3) is 20.4. The fourth-order valence-electron chi connectivity index (χ4n) is 6.11. The fourth-order valence-corrected chi connectivity index (χ4v) is 6.11. The number of esters is 4. The Labute approximate surface area is 353 Å². The Kier molecular flexibility index (Phi) is 24.1. The molecular formula is C48H60F2O10. The van der Waals surface area contributed by atoms with Gasteiger partial charge in [0.15, 0.2) is 11.6 Å². The summed E-state index contributed by atoms with van der Waals surface area (Å²) in [7, 11) is 0. The maximum absolute atomic E-state index is 14.9. The Hall–Kier alpha value is -5.52. The summed E-state index contributed by atoms with van der Waals surface area (Å²) >= 11 is 0. The number of ether oxygens (including phenoxy) is 6. The van der Waals surface area contributed by atoms with Crippen LogP contribution in [0.1, 0.15) is 136 Å². The average Bonchev–Trinajstić information content (AvgIpc) is 3.25. The molecule has 0 aliphatic rings. The Balaban J connectivity index is 1.27. The zero-order valence-electron chi connectivity index (χ0n) is 34.7. The van der Waals surface area contributed by atoms with Crippen molar-refractivity contribution in [3.63, 3.8) is 0 Å². The number of benzene rings is 3. The van der Waals surface area contributed by atoms with E-state index < -0.39 is 29.3 Å². The molecule has 0 saturated heterocycles. The lowest BCUT2D eigenvalue weighted by Gasteiger charge is -2.11. The summed E-state index contributed by atoms with van der Waals surface area (Å²) in [5, 5.41) is 0. The van der Waals surface area contributed by atoms with Crippen LogP contribution in [-0.4, -0.2) is 50.3 Å². The van der Waals surface area contributed by atoms with Gasteiger partial charge < -0.3 is 28.4 Å². The SMILES string of the molecule is C=CC(=O)OCCCCCCCCCCCOc1ccc(C(=O)Oc2cc(F)c(OC(=O)c3ccc(OCCCCCCCCCCCOC(=O)C=C)cc3)c(F)c2)cc1. The van der Waals surface area contributed by atoms with E-state index in [1.54, 1.807) is 24.3 Å². The lowest BCUT2D eigenvalue weighted by Crippen LogP contribution is -2.12. The lowest BCUT2D eigenvalue weighted by molar-refractivity contribution is -0.138. The molecule has 0 N–H and O–H groups in total. The Morgan fingerprint density at radius 2 is 0.750 bits per heavy atom. The molecule has 0 bridgehead atoms. The fraction of sp³-hybridized carbons (Fsp3) is 0.458. The van der Waals surface area contributed by atoms with Gasteiger partial charge in [0.25, 0.3) is 0 Å². The first-order valence-electron chi connectivity index (χ1n) is 21.2. The third-order valence-electron chi connectivity index (χ3n) is 9.49. The van der Waals surface area contributed by atoms with Crippen LogP contribution in [0.3, 0.4) is 0 Å². The van der Waals surface area contributed by atoms with Crippen molar-refractivity contribution in [3.8, 4) is 23.0 Å². The second-order valence-electron chi connectivity index (χ2n) is 14.3. The molecule has 0 heterocycles. The van der Waals surface area contributed by atoms with Gasteiger partial charge in [-0.15, -0.1) is 0 Å². The van der Waals surface area contributed by atoms with Gasteiger partial charge in [-0.05, 0) is 74.2 Å². The van der Waals surface area contributed by atoms with Gasteiger partial charge in [-0.2, -0.15) is 0 Å². The number of halogens is 2.